The van der Waals surface area contributed by atoms with E-state index in [9.17, 15) is 0 Å². The predicted molar refractivity (Wildman–Crippen MR) is 47.2 cm³/mol. The molecule has 3 heteroatoms. The number of halogens is 1. The Bertz CT molecular complexity index is 126. The molecule has 2 nitrogen and oxygen atoms in total. The van der Waals surface area contributed by atoms with Crippen molar-refractivity contribution < 1.29 is 4.74 Å². The van der Waals surface area contributed by atoms with Gasteiger partial charge >= 0.3 is 0 Å². The maximum absolute atomic E-state index is 5.75. The maximum Gasteiger partial charge on any atom is 0.0930 e. The van der Waals surface area contributed by atoms with Crippen molar-refractivity contribution in [2.45, 2.75) is 25.4 Å². The topological polar surface area (TPSA) is 21.3 Å². The van der Waals surface area contributed by atoms with Gasteiger partial charge in [-0.2, -0.15) is 0 Å². The van der Waals surface area contributed by atoms with E-state index in [1.807, 2.05) is 0 Å². The van der Waals surface area contributed by atoms with Gasteiger partial charge in [0.25, 0.3) is 0 Å². The van der Waals surface area contributed by atoms with Gasteiger partial charge in [-0.1, -0.05) is 6.92 Å². The number of nitrogens with one attached hydrogen (secondary N) is 1. The van der Waals surface area contributed by atoms with Crippen molar-refractivity contribution >= 4 is 12.4 Å². The summed E-state index contributed by atoms with van der Waals surface area (Å²) in [7, 11) is 0. The molecule has 1 atom stereocenters. The van der Waals surface area contributed by atoms with Crippen molar-refractivity contribution in [2.75, 3.05) is 19.7 Å². The zero-order valence-corrected chi connectivity index (χ0v) is 7.75. The molecule has 0 saturated carbocycles. The number of ether oxygens (including phenoxy) is 1. The first kappa shape index (κ1) is 9.30. The second-order valence-electron chi connectivity index (χ2n) is 3.74. The summed E-state index contributed by atoms with van der Waals surface area (Å²) in [6.07, 6.45) is 2.61. The first-order valence-corrected chi connectivity index (χ1v) is 4.15. The molecule has 0 aliphatic carbocycles. The van der Waals surface area contributed by atoms with E-state index in [0.29, 0.717) is 0 Å². The van der Waals surface area contributed by atoms with E-state index in [1.165, 1.54) is 12.8 Å². The molecule has 66 valence electrons. The van der Waals surface area contributed by atoms with E-state index in [-0.39, 0.29) is 18.0 Å². The zero-order valence-electron chi connectivity index (χ0n) is 6.93. The Hall–Kier alpha value is 0.210. The molecule has 1 spiro atoms. The van der Waals surface area contributed by atoms with E-state index in [4.69, 9.17) is 4.74 Å². The van der Waals surface area contributed by atoms with Crippen molar-refractivity contribution in [2.24, 2.45) is 5.92 Å². The highest BCUT2D eigenvalue weighted by molar-refractivity contribution is 5.85. The highest BCUT2D eigenvalue weighted by Crippen LogP contribution is 2.30. The summed E-state index contributed by atoms with van der Waals surface area (Å²) < 4.78 is 5.75. The minimum absolute atomic E-state index is 0. The van der Waals surface area contributed by atoms with Gasteiger partial charge in [0.15, 0.2) is 0 Å². The summed E-state index contributed by atoms with van der Waals surface area (Å²) in [5, 5.41) is 3.26. The molecule has 2 rings (SSSR count). The second-order valence-corrected chi connectivity index (χ2v) is 3.74. The van der Waals surface area contributed by atoms with Gasteiger partial charge in [-0.05, 0) is 18.8 Å². The lowest BCUT2D eigenvalue weighted by atomic mass is 9.85. The zero-order chi connectivity index (χ0) is 7.03. The first-order valence-electron chi connectivity index (χ1n) is 4.15. The number of hydrogen-bond acceptors (Lipinski definition) is 2. The van der Waals surface area contributed by atoms with E-state index >= 15 is 0 Å². The number of hydrogen-bond donors (Lipinski definition) is 1. The fourth-order valence-electron chi connectivity index (χ4n) is 1.67. The monoisotopic (exact) mass is 177 g/mol. The van der Waals surface area contributed by atoms with E-state index in [2.05, 4.69) is 12.2 Å². The van der Waals surface area contributed by atoms with Crippen LogP contribution in [0.5, 0.6) is 0 Å². The lowest BCUT2D eigenvalue weighted by molar-refractivity contribution is -0.125. The van der Waals surface area contributed by atoms with Crippen LogP contribution < -0.4 is 5.32 Å². The standard InChI is InChI=1S/C8H15NO.ClH/c1-7-2-3-8(10-4-7)5-9-6-8;/h7,9H,2-6H2,1H3;1H/t7-;/m1./s1. The maximum atomic E-state index is 5.75. The Labute approximate surface area is 74.1 Å². The molecule has 2 saturated heterocycles. The molecule has 1 N–H and O–H groups in total. The molecule has 0 bridgehead atoms. The van der Waals surface area contributed by atoms with Gasteiger partial charge in [0.05, 0.1) is 12.2 Å². The van der Waals surface area contributed by atoms with Crippen LogP contribution in [-0.4, -0.2) is 25.3 Å². The molecule has 0 aromatic rings. The van der Waals surface area contributed by atoms with Crippen LogP contribution in [-0.2, 0) is 4.74 Å². The van der Waals surface area contributed by atoms with Crippen LogP contribution in [0, 0.1) is 5.92 Å². The van der Waals surface area contributed by atoms with Gasteiger partial charge in [-0.25, -0.2) is 0 Å². The fraction of sp³-hybridized carbons (Fsp3) is 1.00. The molecule has 2 heterocycles. The average molecular weight is 178 g/mol. The molecule has 2 aliphatic rings. The quantitative estimate of drug-likeness (QED) is 0.601. The van der Waals surface area contributed by atoms with E-state index in [1.54, 1.807) is 0 Å². The highest BCUT2D eigenvalue weighted by atomic mass is 35.5. The van der Waals surface area contributed by atoms with E-state index < -0.39 is 0 Å². The third-order valence-corrected chi connectivity index (χ3v) is 2.66. The fourth-order valence-corrected chi connectivity index (χ4v) is 1.67. The Morgan fingerprint density at radius 2 is 2.18 bits per heavy atom. The summed E-state index contributed by atoms with van der Waals surface area (Å²) >= 11 is 0. The Balaban J connectivity index is 0.000000605. The summed E-state index contributed by atoms with van der Waals surface area (Å²) in [5.74, 6) is 0.784. The van der Waals surface area contributed by atoms with Gasteiger partial charge in [-0.3, -0.25) is 0 Å². The van der Waals surface area contributed by atoms with Crippen molar-refractivity contribution in [1.82, 2.24) is 5.32 Å². The molecule has 2 fully saturated rings. The molecular formula is C8H16ClNO. The SMILES string of the molecule is C[C@@H]1CCC2(CNC2)OC1.Cl. The number of rotatable bonds is 0. The lowest BCUT2D eigenvalue weighted by Crippen LogP contribution is -2.62. The van der Waals surface area contributed by atoms with Crippen LogP contribution in [0.3, 0.4) is 0 Å². The normalized spacial score (nSPS) is 34.1. The van der Waals surface area contributed by atoms with E-state index in [0.717, 1.165) is 25.6 Å². The first-order chi connectivity index (χ1) is 4.81. The molecular weight excluding hydrogens is 162 g/mol. The van der Waals surface area contributed by atoms with Crippen molar-refractivity contribution in [3.05, 3.63) is 0 Å². The van der Waals surface area contributed by atoms with Crippen molar-refractivity contribution in [3.8, 4) is 0 Å². The third kappa shape index (κ3) is 1.68. The average Bonchev–Trinajstić information content (AvgIpc) is 1.86. The molecule has 0 radical (unpaired) electrons. The second kappa shape index (κ2) is 3.30. The smallest absolute Gasteiger partial charge is 0.0930 e. The molecule has 0 aromatic heterocycles. The van der Waals surface area contributed by atoms with Crippen LogP contribution >= 0.6 is 12.4 Å². The van der Waals surface area contributed by atoms with Crippen LogP contribution in [0.15, 0.2) is 0 Å². The van der Waals surface area contributed by atoms with Gasteiger partial charge in [-0.15, -0.1) is 12.4 Å². The van der Waals surface area contributed by atoms with Gasteiger partial charge in [0.1, 0.15) is 0 Å². The summed E-state index contributed by atoms with van der Waals surface area (Å²) in [5.41, 5.74) is 0.270. The summed E-state index contributed by atoms with van der Waals surface area (Å²) in [4.78, 5) is 0. The van der Waals surface area contributed by atoms with Crippen LogP contribution in [0.1, 0.15) is 19.8 Å². The summed E-state index contributed by atoms with van der Waals surface area (Å²) in [6, 6.07) is 0. The largest absolute Gasteiger partial charge is 0.372 e. The van der Waals surface area contributed by atoms with Crippen LogP contribution in [0.2, 0.25) is 0 Å². The van der Waals surface area contributed by atoms with Gasteiger partial charge < -0.3 is 10.1 Å². The van der Waals surface area contributed by atoms with Crippen LogP contribution in [0.4, 0.5) is 0 Å². The van der Waals surface area contributed by atoms with Crippen LogP contribution in [0.25, 0.3) is 0 Å². The molecule has 0 aromatic carbocycles. The minimum Gasteiger partial charge on any atom is -0.372 e. The third-order valence-electron chi connectivity index (χ3n) is 2.66. The molecule has 0 amide bonds. The molecule has 0 unspecified atom stereocenters. The predicted octanol–water partition coefficient (Wildman–Crippen LogP) is 1.20. The minimum atomic E-state index is 0. The summed E-state index contributed by atoms with van der Waals surface area (Å²) in [6.45, 7) is 5.40. The van der Waals surface area contributed by atoms with Crippen molar-refractivity contribution in [3.63, 3.8) is 0 Å². The lowest BCUT2D eigenvalue weighted by Gasteiger charge is -2.46. The highest BCUT2D eigenvalue weighted by Gasteiger charge is 2.40. The Morgan fingerprint density at radius 1 is 1.45 bits per heavy atom. The van der Waals surface area contributed by atoms with Gasteiger partial charge in [0, 0.05) is 13.1 Å². The van der Waals surface area contributed by atoms with Crippen molar-refractivity contribution in [1.29, 1.82) is 0 Å². The molecule has 2 aliphatic heterocycles. The molecule has 11 heavy (non-hydrogen) atoms. The Morgan fingerprint density at radius 3 is 2.55 bits per heavy atom. The van der Waals surface area contributed by atoms with Gasteiger partial charge in [0.2, 0.25) is 0 Å². The Kier molecular flexibility index (Phi) is 2.79.